The van der Waals surface area contributed by atoms with Gasteiger partial charge >= 0.3 is 0 Å². The number of hydrogen-bond donors (Lipinski definition) is 5. The van der Waals surface area contributed by atoms with Gasteiger partial charge in [-0.3, -0.25) is 24.1 Å². The van der Waals surface area contributed by atoms with Crippen LogP contribution >= 0.6 is 30.1 Å². The van der Waals surface area contributed by atoms with Gasteiger partial charge in [0.05, 0.1) is 46.9 Å². The molecule has 3 fully saturated rings. The smallest absolute Gasteiger partial charge is 0.246 e. The number of carbonyl (C=O) groups is 4. The molecule has 8 rings (SSSR count). The quantitative estimate of drug-likeness (QED) is 0.0593. The molecule has 75 heavy (non-hydrogen) atoms. The number of rotatable bonds is 17. The molecular formula is C54H69ClN11O7PS. The molecule has 18 nitrogen and oxygen atoms in total. The van der Waals surface area contributed by atoms with Gasteiger partial charge in [0.1, 0.15) is 30.0 Å². The number of halogens is 1. The first-order valence-corrected chi connectivity index (χ1v) is 29.3. The van der Waals surface area contributed by atoms with Gasteiger partial charge in [0.25, 0.3) is 0 Å². The second-order valence-electron chi connectivity index (χ2n) is 21.0. The average molecular weight is 1080 g/mol. The Hall–Kier alpha value is -6.11. The zero-order valence-electron chi connectivity index (χ0n) is 43.8. The molecule has 0 bridgehead atoms. The van der Waals surface area contributed by atoms with Crippen molar-refractivity contribution in [2.45, 2.75) is 90.6 Å². The summed E-state index contributed by atoms with van der Waals surface area (Å²) in [4.78, 5) is 77.1. The Balaban J connectivity index is 0.776. The Labute approximate surface area is 448 Å². The Morgan fingerprint density at radius 3 is 2.31 bits per heavy atom. The monoisotopic (exact) mass is 1080 g/mol. The number of thiazole rings is 1. The van der Waals surface area contributed by atoms with Gasteiger partial charge in [-0.25, -0.2) is 9.97 Å². The topological polar surface area (TPSA) is 215 Å². The fourth-order valence-corrected chi connectivity index (χ4v) is 12.1. The number of aromatic nitrogens is 3. The fraction of sp³-hybridized carbons (Fsp3) is 0.463. The van der Waals surface area contributed by atoms with E-state index in [1.165, 1.54) is 11.1 Å². The third kappa shape index (κ3) is 13.7. The molecule has 3 atom stereocenters. The van der Waals surface area contributed by atoms with Crippen molar-refractivity contribution in [2.24, 2.45) is 5.41 Å². The Morgan fingerprint density at radius 1 is 0.920 bits per heavy atom. The van der Waals surface area contributed by atoms with Gasteiger partial charge in [-0.2, -0.15) is 4.98 Å². The van der Waals surface area contributed by atoms with Crippen molar-refractivity contribution in [2.75, 3.05) is 81.8 Å². The van der Waals surface area contributed by atoms with Crippen LogP contribution in [0.25, 0.3) is 10.4 Å². The molecule has 5 heterocycles. The highest BCUT2D eigenvalue weighted by Gasteiger charge is 2.44. The van der Waals surface area contributed by atoms with Crippen molar-refractivity contribution in [1.29, 1.82) is 0 Å². The molecule has 4 amide bonds. The Morgan fingerprint density at radius 2 is 1.64 bits per heavy atom. The molecule has 1 unspecified atom stereocenters. The number of piperidine rings is 1. The van der Waals surface area contributed by atoms with Crippen molar-refractivity contribution in [1.82, 2.24) is 40.3 Å². The van der Waals surface area contributed by atoms with Crippen LogP contribution in [0.5, 0.6) is 5.75 Å². The number of ether oxygens (including phenoxy) is 1. The van der Waals surface area contributed by atoms with Crippen LogP contribution < -0.4 is 36.2 Å². The highest BCUT2D eigenvalue weighted by Crippen LogP contribution is 2.39. The van der Waals surface area contributed by atoms with Crippen molar-refractivity contribution < 1.29 is 33.6 Å². The standard InChI is InChI=1S/C54H69ClN11O7PS/c1-34-48(75-33-58-34)36-14-12-35(13-15-36)30-56-51(70)43-29-39(67)32-66(43)52(71)49(54(2,3)4)61-46(68)18-19-47(69)65-26-24-64(25-27-65)37-20-22-63(23-21-37)38-16-17-41(44(28-38)73-5)60-53-57-31-40(55)50(62-53)59-42-10-8-9-11-45(42)74(6,7)72/h8-17,28,31,33,37,39,43,49,67H,18-27,29-30,32H2,1-7H3,(H,56,70)(H,61,68)(H2,57,59,60,62)/t39-,43+,49?/m1/s1. The molecule has 400 valence electrons. The van der Waals surface area contributed by atoms with Crippen molar-refractivity contribution >= 4 is 87.8 Å². The van der Waals surface area contributed by atoms with Gasteiger partial charge < -0.3 is 50.4 Å². The highest BCUT2D eigenvalue weighted by molar-refractivity contribution is 7.70. The zero-order chi connectivity index (χ0) is 53.6. The van der Waals surface area contributed by atoms with Gasteiger partial charge in [-0.05, 0) is 73.9 Å². The van der Waals surface area contributed by atoms with E-state index in [2.05, 4.69) is 46.0 Å². The number of para-hydroxylation sites is 1. The van der Waals surface area contributed by atoms with Crippen LogP contribution in [0.1, 0.15) is 64.1 Å². The van der Waals surface area contributed by atoms with E-state index in [-0.39, 0.29) is 44.2 Å². The van der Waals surface area contributed by atoms with Crippen molar-refractivity contribution in [3.8, 4) is 16.2 Å². The highest BCUT2D eigenvalue weighted by atomic mass is 35.5. The number of aryl methyl sites for hydroxylation is 1. The molecule has 21 heteroatoms. The van der Waals surface area contributed by atoms with Crippen LogP contribution in [0, 0.1) is 12.3 Å². The van der Waals surface area contributed by atoms with E-state index in [4.69, 9.17) is 16.3 Å². The average Bonchev–Trinajstić information content (AvgIpc) is 4.02. The van der Waals surface area contributed by atoms with Gasteiger partial charge in [0.2, 0.25) is 29.6 Å². The number of benzene rings is 3. The summed E-state index contributed by atoms with van der Waals surface area (Å²) >= 11 is 8.07. The number of likely N-dealkylation sites (tertiary alicyclic amines) is 1. The molecule has 0 radical (unpaired) electrons. The summed E-state index contributed by atoms with van der Waals surface area (Å²) in [7, 11) is -0.956. The van der Waals surface area contributed by atoms with Crippen LogP contribution in [-0.2, 0) is 30.3 Å². The van der Waals surface area contributed by atoms with Gasteiger partial charge in [-0.15, -0.1) is 11.3 Å². The predicted octanol–water partition coefficient (Wildman–Crippen LogP) is 7.01. The maximum atomic E-state index is 14.2. The van der Waals surface area contributed by atoms with Crippen LogP contribution in [-0.4, -0.2) is 149 Å². The van der Waals surface area contributed by atoms with Gasteiger partial charge in [0.15, 0.2) is 5.82 Å². The van der Waals surface area contributed by atoms with Gasteiger partial charge in [0, 0.05) is 94.7 Å². The number of methoxy groups -OCH3 is 1. The summed E-state index contributed by atoms with van der Waals surface area (Å²) in [6.45, 7) is 15.5. The normalized spacial score (nSPS) is 18.1. The number of aliphatic hydroxyl groups excluding tert-OH is 1. The fourth-order valence-electron chi connectivity index (χ4n) is 10.0. The Kier molecular flexibility index (Phi) is 17.5. The summed E-state index contributed by atoms with van der Waals surface area (Å²) in [5.74, 6) is -0.0462. The predicted molar refractivity (Wildman–Crippen MR) is 296 cm³/mol. The SMILES string of the molecule is COc1cc(N2CCC(N3CCN(C(=O)CCC(=O)NC(C(=O)N4C[C@H](O)C[C@H]4C(=O)NCc4ccc(-c5scnc5C)cc4)C(C)(C)C)CC3)CC2)ccc1Nc1ncc(Cl)c(Nc2ccccc2P(C)(C)=O)n1. The molecule has 3 aromatic carbocycles. The van der Waals surface area contributed by atoms with E-state index < -0.39 is 42.6 Å². The van der Waals surface area contributed by atoms with Crippen molar-refractivity contribution in [3.63, 3.8) is 0 Å². The lowest BCUT2D eigenvalue weighted by Gasteiger charge is -2.43. The minimum absolute atomic E-state index is 0.00829. The zero-order valence-corrected chi connectivity index (χ0v) is 46.2. The number of amides is 4. The summed E-state index contributed by atoms with van der Waals surface area (Å²) in [6.07, 6.45) is 2.55. The second kappa shape index (κ2) is 23.8. The molecule has 3 aliphatic heterocycles. The van der Waals surface area contributed by atoms with E-state index in [0.29, 0.717) is 58.3 Å². The lowest BCUT2D eigenvalue weighted by atomic mass is 9.85. The first-order valence-electron chi connectivity index (χ1n) is 25.5. The summed E-state index contributed by atoms with van der Waals surface area (Å²) in [5, 5.41) is 24.0. The number of hydrogen-bond acceptors (Lipinski definition) is 15. The maximum absolute atomic E-state index is 14.2. The summed E-state index contributed by atoms with van der Waals surface area (Å²) in [6, 6.07) is 19.7. The number of carbonyl (C=O) groups excluding carboxylic acids is 4. The molecule has 0 saturated carbocycles. The second-order valence-corrected chi connectivity index (χ2v) is 25.4. The van der Waals surface area contributed by atoms with E-state index in [1.54, 1.807) is 31.8 Å². The molecule has 0 spiro atoms. The van der Waals surface area contributed by atoms with E-state index in [9.17, 15) is 28.8 Å². The van der Waals surface area contributed by atoms with Crippen LogP contribution in [0.4, 0.5) is 28.8 Å². The molecule has 2 aromatic heterocycles. The summed E-state index contributed by atoms with van der Waals surface area (Å²) < 4.78 is 18.8. The number of β-amino-alcohol motifs (C(OH)–C–C–N with tert-alkyl or cyclic N) is 1. The van der Waals surface area contributed by atoms with Crippen molar-refractivity contribution in [3.05, 3.63) is 94.7 Å². The minimum Gasteiger partial charge on any atom is -0.494 e. The molecule has 5 N–H and O–H groups in total. The first kappa shape index (κ1) is 55.1. The molecular weight excluding hydrogens is 1010 g/mol. The number of nitrogens with one attached hydrogen (secondary N) is 4. The number of aliphatic hydroxyl groups is 1. The third-order valence-corrected chi connectivity index (χ3v) is 17.0. The first-order chi connectivity index (χ1) is 35.7. The minimum atomic E-state index is -2.58. The molecule has 3 aliphatic rings. The van der Waals surface area contributed by atoms with Crippen LogP contribution in [0.3, 0.4) is 0 Å². The lowest BCUT2D eigenvalue weighted by molar-refractivity contribution is -0.144. The van der Waals surface area contributed by atoms with E-state index >= 15 is 0 Å². The number of nitrogens with zero attached hydrogens (tertiary/aromatic N) is 7. The maximum Gasteiger partial charge on any atom is 0.246 e. The number of piperazine rings is 1. The van der Waals surface area contributed by atoms with E-state index in [0.717, 1.165) is 66.4 Å². The molecule has 5 aromatic rings. The molecule has 0 aliphatic carbocycles. The third-order valence-electron chi connectivity index (χ3n) is 14.2. The number of anilines is 5. The Bertz CT molecular complexity index is 2900. The van der Waals surface area contributed by atoms with Gasteiger partial charge in [-0.1, -0.05) is 68.8 Å². The largest absolute Gasteiger partial charge is 0.494 e. The van der Waals surface area contributed by atoms with Crippen LogP contribution in [0.2, 0.25) is 5.02 Å². The lowest BCUT2D eigenvalue weighted by Crippen LogP contribution is -2.57. The molecule has 3 saturated heterocycles. The van der Waals surface area contributed by atoms with Crippen LogP contribution in [0.15, 0.2) is 78.4 Å². The van der Waals surface area contributed by atoms with E-state index in [1.807, 2.05) is 105 Å². The summed E-state index contributed by atoms with van der Waals surface area (Å²) in [5.41, 5.74) is 6.36.